The molecule has 3 rings (SSSR count). The van der Waals surface area contributed by atoms with Crippen LogP contribution in [0, 0.1) is 20.2 Å². The van der Waals surface area contributed by atoms with Gasteiger partial charge in [-0.3, -0.25) is 30.4 Å². The summed E-state index contributed by atoms with van der Waals surface area (Å²) in [5.74, 6) is 0. The molecule has 164 valence electrons. The Hall–Kier alpha value is -4.03. The number of hydrazone groups is 1. The van der Waals surface area contributed by atoms with E-state index in [1.165, 1.54) is 48.5 Å². The van der Waals surface area contributed by atoms with Crippen LogP contribution in [0.25, 0.3) is 0 Å². The molecule has 32 heavy (non-hydrogen) atoms. The fourth-order valence-electron chi connectivity index (χ4n) is 2.59. The molecule has 3 aromatic carbocycles. The van der Waals surface area contributed by atoms with Crippen LogP contribution in [0.15, 0.2) is 76.7 Å². The molecule has 0 amide bonds. The number of rotatable bonds is 8. The van der Waals surface area contributed by atoms with Gasteiger partial charge in [-0.2, -0.15) is 5.10 Å². The Labute approximate surface area is 186 Å². The maximum atomic E-state index is 12.6. The third-order valence-electron chi connectivity index (χ3n) is 4.09. The molecular weight excluding hydrogens is 462 g/mol. The molecule has 0 radical (unpaired) electrons. The van der Waals surface area contributed by atoms with E-state index in [-0.39, 0.29) is 27.5 Å². The second kappa shape index (κ2) is 9.41. The summed E-state index contributed by atoms with van der Waals surface area (Å²) in [5.41, 5.74) is 1.98. The molecule has 2 N–H and O–H groups in total. The van der Waals surface area contributed by atoms with Crippen molar-refractivity contribution < 1.29 is 18.3 Å². The number of hydrogen-bond donors (Lipinski definition) is 2. The Balaban J connectivity index is 1.86. The summed E-state index contributed by atoms with van der Waals surface area (Å²) in [4.78, 5) is 20.8. The average molecular weight is 476 g/mol. The van der Waals surface area contributed by atoms with Gasteiger partial charge in [0, 0.05) is 22.8 Å². The molecule has 0 fully saturated rings. The minimum Gasteiger partial charge on any atom is -0.280 e. The predicted molar refractivity (Wildman–Crippen MR) is 120 cm³/mol. The monoisotopic (exact) mass is 475 g/mol. The number of nitro groups is 2. The minimum absolute atomic E-state index is 0.102. The van der Waals surface area contributed by atoms with Crippen molar-refractivity contribution in [2.45, 2.75) is 4.90 Å². The van der Waals surface area contributed by atoms with Crippen LogP contribution in [0.4, 0.5) is 22.7 Å². The number of nitro benzene ring substituents is 2. The average Bonchev–Trinajstić information content (AvgIpc) is 2.75. The van der Waals surface area contributed by atoms with Crippen LogP contribution in [0.2, 0.25) is 5.02 Å². The highest BCUT2D eigenvalue weighted by Crippen LogP contribution is 2.29. The van der Waals surface area contributed by atoms with E-state index in [0.717, 1.165) is 18.3 Å². The Morgan fingerprint density at radius 3 is 2.22 bits per heavy atom. The van der Waals surface area contributed by atoms with E-state index in [1.807, 2.05) is 0 Å². The quantitative estimate of drug-likeness (QED) is 0.277. The van der Waals surface area contributed by atoms with Crippen molar-refractivity contribution >= 4 is 50.6 Å². The number of anilines is 2. The maximum Gasteiger partial charge on any atom is 0.295 e. The molecule has 0 atom stereocenters. The van der Waals surface area contributed by atoms with Gasteiger partial charge in [-0.05, 0) is 42.5 Å². The van der Waals surface area contributed by atoms with Crippen molar-refractivity contribution in [3.63, 3.8) is 0 Å². The fourth-order valence-corrected chi connectivity index (χ4v) is 3.79. The van der Waals surface area contributed by atoms with E-state index in [2.05, 4.69) is 15.2 Å². The number of halogens is 1. The van der Waals surface area contributed by atoms with Gasteiger partial charge < -0.3 is 0 Å². The van der Waals surface area contributed by atoms with Crippen LogP contribution in [0.3, 0.4) is 0 Å². The van der Waals surface area contributed by atoms with Crippen LogP contribution < -0.4 is 10.1 Å². The van der Waals surface area contributed by atoms with Gasteiger partial charge in [0.15, 0.2) is 0 Å². The van der Waals surface area contributed by atoms with Crippen LogP contribution in [-0.4, -0.2) is 24.5 Å². The molecule has 0 aliphatic carbocycles. The van der Waals surface area contributed by atoms with Crippen LogP contribution >= 0.6 is 11.6 Å². The van der Waals surface area contributed by atoms with E-state index in [4.69, 9.17) is 11.6 Å². The molecule has 0 saturated carbocycles. The Kier molecular flexibility index (Phi) is 6.66. The molecule has 0 aliphatic heterocycles. The second-order valence-corrected chi connectivity index (χ2v) is 8.35. The van der Waals surface area contributed by atoms with Crippen LogP contribution in [0.5, 0.6) is 0 Å². The van der Waals surface area contributed by atoms with Crippen molar-refractivity contribution in [1.29, 1.82) is 0 Å². The van der Waals surface area contributed by atoms with Crippen molar-refractivity contribution in [3.8, 4) is 0 Å². The molecule has 0 spiro atoms. The summed E-state index contributed by atoms with van der Waals surface area (Å²) in [6, 6.07) is 14.9. The third-order valence-corrected chi connectivity index (χ3v) is 5.73. The third kappa shape index (κ3) is 5.36. The number of benzene rings is 3. The Bertz CT molecular complexity index is 1310. The number of hydrogen-bond acceptors (Lipinski definition) is 8. The van der Waals surface area contributed by atoms with Gasteiger partial charge in [0.1, 0.15) is 5.69 Å². The molecule has 0 heterocycles. The highest BCUT2D eigenvalue weighted by atomic mass is 35.5. The first-order valence-corrected chi connectivity index (χ1v) is 10.6. The molecule has 3 aromatic rings. The highest BCUT2D eigenvalue weighted by Gasteiger charge is 2.21. The van der Waals surface area contributed by atoms with Crippen molar-refractivity contribution in [2.75, 3.05) is 10.1 Å². The summed E-state index contributed by atoms with van der Waals surface area (Å²) >= 11 is 5.77. The number of para-hydroxylation sites is 1. The van der Waals surface area contributed by atoms with Crippen molar-refractivity contribution in [1.82, 2.24) is 0 Å². The Morgan fingerprint density at radius 2 is 1.56 bits per heavy atom. The van der Waals surface area contributed by atoms with E-state index in [0.29, 0.717) is 5.02 Å². The predicted octanol–water partition coefficient (Wildman–Crippen LogP) is 4.40. The standard InChI is InChI=1S/C19H14ClN5O6S/c20-14-5-7-15(8-6-14)23-32(30,31)16-9-10-17(19(11-16)25(28)29)22-21-12-13-3-1-2-4-18(13)24(26)27/h1-12,22-23H/b21-12+. The van der Waals surface area contributed by atoms with Gasteiger partial charge >= 0.3 is 0 Å². The maximum absolute atomic E-state index is 12.6. The van der Waals surface area contributed by atoms with Gasteiger partial charge in [0.25, 0.3) is 21.4 Å². The SMILES string of the molecule is O=[N+]([O-])c1ccccc1/C=N/Nc1ccc(S(=O)(=O)Nc2ccc(Cl)cc2)cc1[N+](=O)[O-]. The van der Waals surface area contributed by atoms with Gasteiger partial charge in [0.05, 0.1) is 26.5 Å². The first-order chi connectivity index (χ1) is 15.2. The van der Waals surface area contributed by atoms with Crippen molar-refractivity contribution in [2.24, 2.45) is 5.10 Å². The molecule has 0 aliphatic rings. The Morgan fingerprint density at radius 1 is 0.906 bits per heavy atom. The lowest BCUT2D eigenvalue weighted by molar-refractivity contribution is -0.385. The zero-order chi connectivity index (χ0) is 23.3. The summed E-state index contributed by atoms with van der Waals surface area (Å²) in [6.07, 6.45) is 1.13. The zero-order valence-corrected chi connectivity index (χ0v) is 17.6. The van der Waals surface area contributed by atoms with E-state index >= 15 is 0 Å². The van der Waals surface area contributed by atoms with Gasteiger partial charge in [0.2, 0.25) is 0 Å². The lowest BCUT2D eigenvalue weighted by Gasteiger charge is -2.09. The number of nitrogens with zero attached hydrogens (tertiary/aromatic N) is 3. The normalized spacial score (nSPS) is 11.3. The van der Waals surface area contributed by atoms with Gasteiger partial charge in [-0.1, -0.05) is 23.7 Å². The molecule has 0 aromatic heterocycles. The second-order valence-electron chi connectivity index (χ2n) is 6.23. The number of sulfonamides is 1. The number of nitrogens with one attached hydrogen (secondary N) is 2. The van der Waals surface area contributed by atoms with Crippen LogP contribution in [-0.2, 0) is 10.0 Å². The van der Waals surface area contributed by atoms with Crippen molar-refractivity contribution in [3.05, 3.63) is 97.5 Å². The molecular formula is C19H14ClN5O6S. The summed E-state index contributed by atoms with van der Waals surface area (Å²) in [6.45, 7) is 0. The lowest BCUT2D eigenvalue weighted by Crippen LogP contribution is -2.13. The smallest absolute Gasteiger partial charge is 0.280 e. The largest absolute Gasteiger partial charge is 0.295 e. The van der Waals surface area contributed by atoms with E-state index in [1.54, 1.807) is 6.07 Å². The summed E-state index contributed by atoms with van der Waals surface area (Å²) < 4.78 is 27.5. The van der Waals surface area contributed by atoms with E-state index < -0.39 is 25.6 Å². The molecule has 0 unspecified atom stereocenters. The molecule has 13 heteroatoms. The fraction of sp³-hybridized carbons (Fsp3) is 0. The summed E-state index contributed by atoms with van der Waals surface area (Å²) in [5, 5.41) is 26.7. The first-order valence-electron chi connectivity index (χ1n) is 8.77. The van der Waals surface area contributed by atoms with E-state index in [9.17, 15) is 28.6 Å². The molecule has 0 bridgehead atoms. The lowest BCUT2D eigenvalue weighted by atomic mass is 10.2. The molecule has 11 nitrogen and oxygen atoms in total. The van der Waals surface area contributed by atoms with Crippen LogP contribution in [0.1, 0.15) is 5.56 Å². The molecule has 0 saturated heterocycles. The van der Waals surface area contributed by atoms with Gasteiger partial charge in [-0.25, -0.2) is 8.42 Å². The highest BCUT2D eigenvalue weighted by molar-refractivity contribution is 7.92. The summed E-state index contributed by atoms with van der Waals surface area (Å²) in [7, 11) is -4.12. The zero-order valence-electron chi connectivity index (χ0n) is 16.0. The minimum atomic E-state index is -4.12. The topological polar surface area (TPSA) is 157 Å². The van der Waals surface area contributed by atoms with Gasteiger partial charge in [-0.15, -0.1) is 0 Å². The first kappa shape index (κ1) is 22.7.